The van der Waals surface area contributed by atoms with Crippen LogP contribution in [0.3, 0.4) is 0 Å². The fourth-order valence-electron chi connectivity index (χ4n) is 3.01. The number of nitrogens with two attached hydrogens (primary N) is 1. The molecular weight excluding hydrogens is 268 g/mol. The van der Waals surface area contributed by atoms with E-state index in [1.54, 1.807) is 25.3 Å². The van der Waals surface area contributed by atoms with Crippen molar-refractivity contribution in [1.82, 2.24) is 5.32 Å². The van der Waals surface area contributed by atoms with Gasteiger partial charge in [-0.05, 0) is 36.9 Å². The van der Waals surface area contributed by atoms with Gasteiger partial charge >= 0.3 is 0 Å². The average Bonchev–Trinajstić information content (AvgIpc) is 3.01. The molecule has 1 fully saturated rings. The Labute approximate surface area is 125 Å². The molecule has 0 aromatic heterocycles. The number of ether oxygens (including phenoxy) is 2. The van der Waals surface area contributed by atoms with Gasteiger partial charge in [-0.2, -0.15) is 0 Å². The molecule has 5 nitrogen and oxygen atoms in total. The maximum atomic E-state index is 12.4. The fourth-order valence-corrected chi connectivity index (χ4v) is 3.01. The monoisotopic (exact) mass is 292 g/mol. The summed E-state index contributed by atoms with van der Waals surface area (Å²) in [4.78, 5) is 12.4. The van der Waals surface area contributed by atoms with E-state index in [4.69, 9.17) is 15.2 Å². The Morgan fingerprint density at radius 2 is 2.00 bits per heavy atom. The lowest BCUT2D eigenvalue weighted by molar-refractivity contribution is 0.0928. The Morgan fingerprint density at radius 1 is 1.29 bits per heavy atom. The third-order valence-electron chi connectivity index (χ3n) is 4.37. The molecule has 2 rings (SSSR count). The SMILES string of the molecule is COc1cccc(C(=O)NCC2(CN)CCCC2)c1OC. The molecule has 1 aliphatic carbocycles. The van der Waals surface area contributed by atoms with Crippen molar-refractivity contribution in [3.63, 3.8) is 0 Å². The molecule has 1 aromatic carbocycles. The summed E-state index contributed by atoms with van der Waals surface area (Å²) < 4.78 is 10.5. The Morgan fingerprint density at radius 3 is 2.57 bits per heavy atom. The molecule has 116 valence electrons. The first kappa shape index (κ1) is 15.6. The van der Waals surface area contributed by atoms with E-state index in [9.17, 15) is 4.79 Å². The molecule has 0 saturated heterocycles. The number of carbonyl (C=O) groups excluding carboxylic acids is 1. The Bertz CT molecular complexity index is 496. The smallest absolute Gasteiger partial charge is 0.255 e. The zero-order valence-corrected chi connectivity index (χ0v) is 12.8. The largest absolute Gasteiger partial charge is 0.493 e. The molecule has 3 N–H and O–H groups in total. The van der Waals surface area contributed by atoms with Gasteiger partial charge in [0.25, 0.3) is 5.91 Å². The van der Waals surface area contributed by atoms with Gasteiger partial charge in [0.1, 0.15) is 0 Å². The normalized spacial score (nSPS) is 16.5. The van der Waals surface area contributed by atoms with E-state index >= 15 is 0 Å². The lowest BCUT2D eigenvalue weighted by atomic mass is 9.86. The zero-order chi connectivity index (χ0) is 15.3. The van der Waals surface area contributed by atoms with Crippen molar-refractivity contribution in [2.24, 2.45) is 11.1 Å². The number of benzene rings is 1. The molecule has 1 saturated carbocycles. The van der Waals surface area contributed by atoms with Crippen molar-refractivity contribution < 1.29 is 14.3 Å². The molecule has 1 aromatic rings. The molecule has 5 heteroatoms. The first-order valence-electron chi connectivity index (χ1n) is 7.35. The van der Waals surface area contributed by atoms with E-state index in [1.165, 1.54) is 20.0 Å². The van der Waals surface area contributed by atoms with E-state index in [2.05, 4.69) is 5.32 Å². The minimum Gasteiger partial charge on any atom is -0.493 e. The average molecular weight is 292 g/mol. The van der Waals surface area contributed by atoms with E-state index in [0.717, 1.165) is 12.8 Å². The number of carbonyl (C=O) groups is 1. The quantitative estimate of drug-likeness (QED) is 0.840. The van der Waals surface area contributed by atoms with Crippen LogP contribution in [-0.2, 0) is 0 Å². The van der Waals surface area contributed by atoms with Gasteiger partial charge < -0.3 is 20.5 Å². The predicted molar refractivity (Wildman–Crippen MR) is 81.8 cm³/mol. The number of rotatable bonds is 6. The second-order valence-electron chi connectivity index (χ2n) is 5.63. The molecule has 21 heavy (non-hydrogen) atoms. The summed E-state index contributed by atoms with van der Waals surface area (Å²) in [6.07, 6.45) is 4.54. The van der Waals surface area contributed by atoms with Crippen LogP contribution >= 0.6 is 0 Å². The van der Waals surface area contributed by atoms with Crippen LogP contribution in [0.2, 0.25) is 0 Å². The van der Waals surface area contributed by atoms with E-state index < -0.39 is 0 Å². The summed E-state index contributed by atoms with van der Waals surface area (Å²) in [6, 6.07) is 5.29. The number of hydrogen-bond acceptors (Lipinski definition) is 4. The molecule has 1 amide bonds. The van der Waals surface area contributed by atoms with Crippen LogP contribution in [0.5, 0.6) is 11.5 Å². The Kier molecular flexibility index (Phi) is 5.07. The lowest BCUT2D eigenvalue weighted by Crippen LogP contribution is -2.40. The van der Waals surface area contributed by atoms with Gasteiger partial charge in [-0.15, -0.1) is 0 Å². The second-order valence-corrected chi connectivity index (χ2v) is 5.63. The van der Waals surface area contributed by atoms with Crippen molar-refractivity contribution in [2.45, 2.75) is 25.7 Å². The number of nitrogens with one attached hydrogen (secondary N) is 1. The van der Waals surface area contributed by atoms with Crippen molar-refractivity contribution in [1.29, 1.82) is 0 Å². The summed E-state index contributed by atoms with van der Waals surface area (Å²) in [7, 11) is 3.09. The van der Waals surface area contributed by atoms with Gasteiger partial charge in [-0.1, -0.05) is 18.9 Å². The Balaban J connectivity index is 2.10. The first-order valence-corrected chi connectivity index (χ1v) is 7.35. The highest BCUT2D eigenvalue weighted by Crippen LogP contribution is 2.36. The molecule has 0 bridgehead atoms. The van der Waals surface area contributed by atoms with Gasteiger partial charge in [0, 0.05) is 6.54 Å². The van der Waals surface area contributed by atoms with Crippen LogP contribution in [-0.4, -0.2) is 33.2 Å². The molecule has 0 atom stereocenters. The minimum absolute atomic E-state index is 0.0573. The van der Waals surface area contributed by atoms with Crippen molar-refractivity contribution >= 4 is 5.91 Å². The van der Waals surface area contributed by atoms with Crippen molar-refractivity contribution in [3.8, 4) is 11.5 Å². The third kappa shape index (κ3) is 3.29. The van der Waals surface area contributed by atoms with Gasteiger partial charge in [-0.3, -0.25) is 4.79 Å². The summed E-state index contributed by atoms with van der Waals surface area (Å²) in [5.74, 6) is 0.871. The molecule has 0 heterocycles. The second kappa shape index (κ2) is 6.80. The summed E-state index contributed by atoms with van der Waals surface area (Å²) in [6.45, 7) is 1.23. The number of methoxy groups -OCH3 is 2. The van der Waals surface area contributed by atoms with Gasteiger partial charge in [0.2, 0.25) is 0 Å². The van der Waals surface area contributed by atoms with Crippen LogP contribution in [0.15, 0.2) is 18.2 Å². The first-order chi connectivity index (χ1) is 10.2. The standard InChI is InChI=1S/C16H24N2O3/c1-20-13-7-5-6-12(14(13)21-2)15(19)18-11-16(10-17)8-3-4-9-16/h5-7H,3-4,8-11,17H2,1-2H3,(H,18,19). The molecular formula is C16H24N2O3. The van der Waals surface area contributed by atoms with Crippen molar-refractivity contribution in [2.75, 3.05) is 27.3 Å². The predicted octanol–water partition coefficient (Wildman–Crippen LogP) is 1.95. The van der Waals surface area contributed by atoms with Gasteiger partial charge in [-0.25, -0.2) is 0 Å². The number of para-hydroxylation sites is 1. The molecule has 1 aliphatic rings. The molecule has 0 unspecified atom stereocenters. The number of hydrogen-bond donors (Lipinski definition) is 2. The van der Waals surface area contributed by atoms with Crippen molar-refractivity contribution in [3.05, 3.63) is 23.8 Å². The summed E-state index contributed by atoms with van der Waals surface area (Å²) in [5, 5.41) is 3.00. The summed E-state index contributed by atoms with van der Waals surface area (Å²) in [5.41, 5.74) is 6.44. The fraction of sp³-hybridized carbons (Fsp3) is 0.562. The lowest BCUT2D eigenvalue weighted by Gasteiger charge is -2.27. The van der Waals surface area contributed by atoms with Crippen LogP contribution in [0, 0.1) is 5.41 Å². The third-order valence-corrected chi connectivity index (χ3v) is 4.37. The maximum absolute atomic E-state index is 12.4. The van der Waals surface area contributed by atoms with Gasteiger partial charge in [0.05, 0.1) is 19.8 Å². The minimum atomic E-state index is -0.148. The van der Waals surface area contributed by atoms with E-state index in [-0.39, 0.29) is 11.3 Å². The molecule has 0 spiro atoms. The number of amides is 1. The highest BCUT2D eigenvalue weighted by Gasteiger charge is 2.33. The van der Waals surface area contributed by atoms with Crippen LogP contribution in [0.4, 0.5) is 0 Å². The van der Waals surface area contributed by atoms with Crippen LogP contribution < -0.4 is 20.5 Å². The summed E-state index contributed by atoms with van der Waals surface area (Å²) >= 11 is 0. The zero-order valence-electron chi connectivity index (χ0n) is 12.8. The van der Waals surface area contributed by atoms with E-state index in [0.29, 0.717) is 30.2 Å². The van der Waals surface area contributed by atoms with Crippen LogP contribution in [0.25, 0.3) is 0 Å². The maximum Gasteiger partial charge on any atom is 0.255 e. The van der Waals surface area contributed by atoms with Gasteiger partial charge in [0.15, 0.2) is 11.5 Å². The highest BCUT2D eigenvalue weighted by molar-refractivity contribution is 5.97. The topological polar surface area (TPSA) is 73.6 Å². The van der Waals surface area contributed by atoms with E-state index in [1.807, 2.05) is 0 Å². The molecule has 0 radical (unpaired) electrons. The Hall–Kier alpha value is -1.75. The molecule has 0 aliphatic heterocycles. The van der Waals surface area contributed by atoms with Crippen LogP contribution in [0.1, 0.15) is 36.0 Å². The highest BCUT2D eigenvalue weighted by atomic mass is 16.5.